The maximum Gasteiger partial charge on any atom is 0.118 e. The predicted molar refractivity (Wildman–Crippen MR) is 102 cm³/mol. The number of rotatable bonds is 5. The van der Waals surface area contributed by atoms with Crippen molar-refractivity contribution in [3.05, 3.63) is 41.7 Å². The smallest absolute Gasteiger partial charge is 0.118 e. The van der Waals surface area contributed by atoms with E-state index < -0.39 is 0 Å². The van der Waals surface area contributed by atoms with Gasteiger partial charge in [0.2, 0.25) is 0 Å². The molecule has 0 radical (unpaired) electrons. The number of likely N-dealkylation sites (tertiary alicyclic amines) is 1. The molecule has 1 N–H and O–H groups in total. The Balaban J connectivity index is 1.41. The van der Waals surface area contributed by atoms with Gasteiger partial charge in [-0.2, -0.15) is 15.4 Å². The zero-order valence-corrected chi connectivity index (χ0v) is 16.1. The SMILES string of the molecule is COc1ccc(CN2CCC[C@@]3(COCCN(Cc4cn[nH]n4)C3)C2)cc1. The van der Waals surface area contributed by atoms with E-state index in [1.165, 1.54) is 18.4 Å². The van der Waals surface area contributed by atoms with Gasteiger partial charge in [0.1, 0.15) is 5.75 Å². The molecule has 2 fully saturated rings. The van der Waals surface area contributed by atoms with Crippen molar-refractivity contribution < 1.29 is 9.47 Å². The molecule has 4 rings (SSSR count). The number of methoxy groups -OCH3 is 1. The Hall–Kier alpha value is -1.96. The molecule has 2 aliphatic rings. The molecular formula is C20H29N5O2. The van der Waals surface area contributed by atoms with Crippen molar-refractivity contribution in [2.45, 2.75) is 25.9 Å². The topological polar surface area (TPSA) is 66.5 Å². The van der Waals surface area contributed by atoms with E-state index in [2.05, 4.69) is 37.3 Å². The molecule has 7 nitrogen and oxygen atoms in total. The second-order valence-corrected chi connectivity index (χ2v) is 7.89. The van der Waals surface area contributed by atoms with E-state index in [1.807, 2.05) is 18.3 Å². The van der Waals surface area contributed by atoms with Gasteiger partial charge in [0.15, 0.2) is 0 Å². The van der Waals surface area contributed by atoms with E-state index in [1.54, 1.807) is 7.11 Å². The molecule has 2 aliphatic heterocycles. The molecule has 7 heteroatoms. The monoisotopic (exact) mass is 371 g/mol. The first kappa shape index (κ1) is 18.4. The van der Waals surface area contributed by atoms with Crippen molar-refractivity contribution in [1.29, 1.82) is 0 Å². The van der Waals surface area contributed by atoms with Gasteiger partial charge in [-0.15, -0.1) is 0 Å². The van der Waals surface area contributed by atoms with Gasteiger partial charge in [0, 0.05) is 38.1 Å². The van der Waals surface area contributed by atoms with Crippen LogP contribution in [-0.4, -0.2) is 71.7 Å². The Morgan fingerprint density at radius 1 is 1.15 bits per heavy atom. The van der Waals surface area contributed by atoms with Crippen LogP contribution in [0.3, 0.4) is 0 Å². The first-order chi connectivity index (χ1) is 13.2. The van der Waals surface area contributed by atoms with Crippen LogP contribution in [0, 0.1) is 5.41 Å². The number of hydrogen-bond donors (Lipinski definition) is 1. The van der Waals surface area contributed by atoms with Crippen molar-refractivity contribution in [1.82, 2.24) is 25.2 Å². The lowest BCUT2D eigenvalue weighted by Crippen LogP contribution is -2.50. The lowest BCUT2D eigenvalue weighted by Gasteiger charge is -2.43. The Bertz CT molecular complexity index is 706. The first-order valence-electron chi connectivity index (χ1n) is 9.75. The van der Waals surface area contributed by atoms with Gasteiger partial charge in [0.25, 0.3) is 0 Å². The highest BCUT2D eigenvalue weighted by Crippen LogP contribution is 2.34. The quantitative estimate of drug-likeness (QED) is 0.866. The minimum atomic E-state index is 0.199. The van der Waals surface area contributed by atoms with Crippen LogP contribution in [0.2, 0.25) is 0 Å². The Morgan fingerprint density at radius 3 is 2.70 bits per heavy atom. The van der Waals surface area contributed by atoms with E-state index in [4.69, 9.17) is 9.47 Å². The number of H-pyrrole nitrogens is 1. The minimum Gasteiger partial charge on any atom is -0.497 e. The van der Waals surface area contributed by atoms with Gasteiger partial charge in [-0.05, 0) is 37.1 Å². The molecule has 1 aromatic heterocycles. The number of ether oxygens (including phenoxy) is 2. The van der Waals surface area contributed by atoms with E-state index in [0.717, 1.165) is 63.9 Å². The maximum atomic E-state index is 6.04. The third-order valence-electron chi connectivity index (χ3n) is 5.68. The summed E-state index contributed by atoms with van der Waals surface area (Å²) in [5.74, 6) is 0.912. The van der Waals surface area contributed by atoms with Gasteiger partial charge < -0.3 is 9.47 Å². The summed E-state index contributed by atoms with van der Waals surface area (Å²) in [5, 5.41) is 10.9. The molecule has 0 amide bonds. The molecule has 0 bridgehead atoms. The molecule has 1 spiro atoms. The van der Waals surface area contributed by atoms with Crippen LogP contribution in [0.5, 0.6) is 5.75 Å². The summed E-state index contributed by atoms with van der Waals surface area (Å²) in [6.07, 6.45) is 4.26. The second kappa shape index (κ2) is 8.37. The summed E-state index contributed by atoms with van der Waals surface area (Å²) in [6, 6.07) is 8.42. The summed E-state index contributed by atoms with van der Waals surface area (Å²) in [7, 11) is 1.71. The van der Waals surface area contributed by atoms with Crippen LogP contribution >= 0.6 is 0 Å². The van der Waals surface area contributed by atoms with Crippen LogP contribution in [0.4, 0.5) is 0 Å². The Kier molecular flexibility index (Phi) is 5.71. The molecule has 0 aliphatic carbocycles. The van der Waals surface area contributed by atoms with Crippen LogP contribution in [-0.2, 0) is 17.8 Å². The largest absolute Gasteiger partial charge is 0.497 e. The van der Waals surface area contributed by atoms with Crippen LogP contribution in [0.25, 0.3) is 0 Å². The zero-order valence-electron chi connectivity index (χ0n) is 16.1. The molecule has 0 unspecified atom stereocenters. The van der Waals surface area contributed by atoms with Crippen molar-refractivity contribution >= 4 is 0 Å². The molecule has 2 saturated heterocycles. The van der Waals surface area contributed by atoms with E-state index >= 15 is 0 Å². The molecule has 1 aromatic carbocycles. The third kappa shape index (κ3) is 4.66. The van der Waals surface area contributed by atoms with Crippen LogP contribution in [0.1, 0.15) is 24.1 Å². The highest BCUT2D eigenvalue weighted by atomic mass is 16.5. The highest BCUT2D eigenvalue weighted by Gasteiger charge is 2.38. The van der Waals surface area contributed by atoms with Gasteiger partial charge in [0.05, 0.1) is 32.2 Å². The summed E-state index contributed by atoms with van der Waals surface area (Å²) in [6.45, 7) is 7.69. The zero-order chi connectivity index (χ0) is 18.5. The number of aromatic nitrogens is 3. The van der Waals surface area contributed by atoms with E-state index in [9.17, 15) is 0 Å². The Morgan fingerprint density at radius 2 is 1.96 bits per heavy atom. The van der Waals surface area contributed by atoms with Crippen molar-refractivity contribution in [2.24, 2.45) is 5.41 Å². The minimum absolute atomic E-state index is 0.199. The van der Waals surface area contributed by atoms with Crippen molar-refractivity contribution in [3.8, 4) is 5.75 Å². The maximum absolute atomic E-state index is 6.04. The standard InChI is InChI=1S/C20H29N5O2/c1-26-19-5-3-17(4-6-19)12-24-8-2-7-20(14-24)15-25(9-10-27-16-20)13-18-11-21-23-22-18/h3-6,11H,2,7-10,12-16H2,1H3,(H,21,22,23)/t20-/m1/s1. The molecule has 2 aromatic rings. The van der Waals surface area contributed by atoms with Gasteiger partial charge in [-0.25, -0.2) is 0 Å². The number of benzene rings is 1. The number of hydrogen-bond acceptors (Lipinski definition) is 6. The normalized spacial score (nSPS) is 24.8. The second-order valence-electron chi connectivity index (χ2n) is 7.89. The van der Waals surface area contributed by atoms with E-state index in [0.29, 0.717) is 0 Å². The fraction of sp³-hybridized carbons (Fsp3) is 0.600. The summed E-state index contributed by atoms with van der Waals surface area (Å²) in [5.41, 5.74) is 2.53. The lowest BCUT2D eigenvalue weighted by atomic mass is 9.80. The summed E-state index contributed by atoms with van der Waals surface area (Å²) in [4.78, 5) is 5.05. The fourth-order valence-electron chi connectivity index (χ4n) is 4.43. The molecule has 146 valence electrons. The number of piperidine rings is 1. The summed E-state index contributed by atoms with van der Waals surface area (Å²) >= 11 is 0. The van der Waals surface area contributed by atoms with Gasteiger partial charge in [-0.3, -0.25) is 9.80 Å². The molecule has 27 heavy (non-hydrogen) atoms. The summed E-state index contributed by atoms with van der Waals surface area (Å²) < 4.78 is 11.3. The number of aromatic amines is 1. The number of nitrogens with one attached hydrogen (secondary N) is 1. The van der Waals surface area contributed by atoms with E-state index in [-0.39, 0.29) is 5.41 Å². The van der Waals surface area contributed by atoms with Crippen molar-refractivity contribution in [3.63, 3.8) is 0 Å². The Labute approximate surface area is 160 Å². The molecule has 3 heterocycles. The molecule has 0 saturated carbocycles. The average molecular weight is 371 g/mol. The van der Waals surface area contributed by atoms with Crippen LogP contribution in [0.15, 0.2) is 30.5 Å². The average Bonchev–Trinajstić information content (AvgIpc) is 3.12. The number of nitrogens with zero attached hydrogens (tertiary/aromatic N) is 4. The predicted octanol–water partition coefficient (Wildman–Crippen LogP) is 1.93. The molecular weight excluding hydrogens is 342 g/mol. The van der Waals surface area contributed by atoms with Crippen molar-refractivity contribution in [2.75, 3.05) is 46.5 Å². The fourth-order valence-corrected chi connectivity index (χ4v) is 4.43. The molecule has 1 atom stereocenters. The van der Waals surface area contributed by atoms with Gasteiger partial charge in [-0.1, -0.05) is 12.1 Å². The van der Waals surface area contributed by atoms with Crippen LogP contribution < -0.4 is 4.74 Å². The lowest BCUT2D eigenvalue weighted by molar-refractivity contribution is 0.00241. The third-order valence-corrected chi connectivity index (χ3v) is 5.68. The first-order valence-corrected chi connectivity index (χ1v) is 9.75. The highest BCUT2D eigenvalue weighted by molar-refractivity contribution is 5.27. The van der Waals surface area contributed by atoms with Gasteiger partial charge >= 0.3 is 0 Å².